The molecule has 1 aliphatic rings. The Labute approximate surface area is 197 Å². The molecule has 0 amide bonds. The summed E-state index contributed by atoms with van der Waals surface area (Å²) in [6.07, 6.45) is 11.1. The monoisotopic (exact) mass is 460 g/mol. The first-order chi connectivity index (χ1) is 15.8. The molecule has 2 atom stereocenters. The van der Waals surface area contributed by atoms with E-state index in [9.17, 15) is 14.6 Å². The Kier molecular flexibility index (Phi) is 7.12. The van der Waals surface area contributed by atoms with Crippen molar-refractivity contribution in [2.24, 2.45) is 5.92 Å². The van der Waals surface area contributed by atoms with Crippen LogP contribution in [0.4, 0.5) is 4.39 Å². The largest absolute Gasteiger partial charge is 0.507 e. The lowest BCUT2D eigenvalue weighted by atomic mass is 9.91. The predicted octanol–water partition coefficient (Wildman–Crippen LogP) is 5.65. The Morgan fingerprint density at radius 3 is 2.45 bits per heavy atom. The summed E-state index contributed by atoms with van der Waals surface area (Å²) in [4.78, 5) is 0. The maximum absolute atomic E-state index is 14.0. The zero-order chi connectivity index (χ0) is 23.4. The normalized spacial score (nSPS) is 16.1. The van der Waals surface area contributed by atoms with Crippen molar-refractivity contribution in [3.63, 3.8) is 0 Å². The summed E-state index contributed by atoms with van der Waals surface area (Å²) >= 11 is 0. The van der Waals surface area contributed by atoms with Gasteiger partial charge in [0, 0.05) is 11.7 Å². The van der Waals surface area contributed by atoms with Crippen LogP contribution in [0.25, 0.3) is 0 Å². The van der Waals surface area contributed by atoms with Gasteiger partial charge in [0.25, 0.3) is 0 Å². The molecule has 33 heavy (non-hydrogen) atoms. The molecule has 0 heterocycles. The van der Waals surface area contributed by atoms with Gasteiger partial charge in [0.15, 0.2) is 0 Å². The summed E-state index contributed by atoms with van der Waals surface area (Å²) in [5.41, 5.74) is 2.58. The molecule has 0 saturated heterocycles. The summed E-state index contributed by atoms with van der Waals surface area (Å²) in [7, 11) is 0.101. The Bertz CT molecular complexity index is 1180. The standard InChI is InChI=1S/C29H30FO2P/c1-29(2,32)25-19-24(30)13-14-26(25)33-27-18-22(15-20-9-5-3-6-10-20)17-23(28(27)31)16-21-11-7-4-8-12-21/h3-9,11-14,17-20,31-33H,10,15-16H2,1-2H3. The fraction of sp³-hybridized carbons (Fsp3) is 0.241. The van der Waals surface area contributed by atoms with E-state index in [1.807, 2.05) is 18.2 Å². The SMILES string of the molecule is CC(C)(O)c1cc(F)ccc1Pc1cc(CC2C=CC=CC2)cc(Cc2ccccc2)c1O. The van der Waals surface area contributed by atoms with Crippen molar-refractivity contribution < 1.29 is 14.6 Å². The molecule has 2 N–H and O–H groups in total. The summed E-state index contributed by atoms with van der Waals surface area (Å²) in [5.74, 6) is 0.338. The van der Waals surface area contributed by atoms with Crippen molar-refractivity contribution in [3.05, 3.63) is 113 Å². The molecule has 0 radical (unpaired) electrons. The Balaban J connectivity index is 1.73. The number of halogens is 1. The second-order valence-electron chi connectivity index (χ2n) is 9.20. The number of phenols is 1. The number of aromatic hydroxyl groups is 1. The Morgan fingerprint density at radius 1 is 0.970 bits per heavy atom. The molecular formula is C29H30FO2P. The van der Waals surface area contributed by atoms with E-state index in [-0.39, 0.29) is 20.1 Å². The maximum Gasteiger partial charge on any atom is 0.126 e. The van der Waals surface area contributed by atoms with Crippen molar-refractivity contribution in [3.8, 4) is 5.75 Å². The van der Waals surface area contributed by atoms with E-state index in [2.05, 4.69) is 48.6 Å². The van der Waals surface area contributed by atoms with Crippen molar-refractivity contribution in [1.82, 2.24) is 0 Å². The van der Waals surface area contributed by atoms with Gasteiger partial charge in [0.1, 0.15) is 11.6 Å². The lowest BCUT2D eigenvalue weighted by molar-refractivity contribution is 0.0794. The molecule has 0 spiro atoms. The van der Waals surface area contributed by atoms with Crippen molar-refractivity contribution in [2.75, 3.05) is 0 Å². The van der Waals surface area contributed by atoms with Crippen LogP contribution in [0.1, 0.15) is 42.5 Å². The smallest absolute Gasteiger partial charge is 0.126 e. The molecule has 0 fully saturated rings. The van der Waals surface area contributed by atoms with Gasteiger partial charge < -0.3 is 10.2 Å². The van der Waals surface area contributed by atoms with Crippen molar-refractivity contribution in [2.45, 2.75) is 38.7 Å². The number of hydrogen-bond donors (Lipinski definition) is 2. The first-order valence-corrected chi connectivity index (χ1v) is 12.3. The van der Waals surface area contributed by atoms with Gasteiger partial charge in [-0.3, -0.25) is 0 Å². The van der Waals surface area contributed by atoms with Gasteiger partial charge in [-0.2, -0.15) is 0 Å². The summed E-state index contributed by atoms with van der Waals surface area (Å²) < 4.78 is 14.0. The highest BCUT2D eigenvalue weighted by Crippen LogP contribution is 2.31. The van der Waals surface area contributed by atoms with E-state index < -0.39 is 5.60 Å². The predicted molar refractivity (Wildman–Crippen MR) is 137 cm³/mol. The molecule has 0 bridgehead atoms. The number of hydrogen-bond acceptors (Lipinski definition) is 2. The van der Waals surface area contributed by atoms with Crippen molar-refractivity contribution in [1.29, 1.82) is 0 Å². The number of phenolic OH excluding ortho intramolecular Hbond substituents is 1. The van der Waals surface area contributed by atoms with E-state index in [1.54, 1.807) is 19.9 Å². The van der Waals surface area contributed by atoms with Gasteiger partial charge in [-0.05, 0) is 78.4 Å². The number of rotatable bonds is 7. The van der Waals surface area contributed by atoms with Crippen LogP contribution in [0.2, 0.25) is 0 Å². The molecule has 2 unspecified atom stereocenters. The average Bonchev–Trinajstić information content (AvgIpc) is 2.79. The number of aliphatic hydroxyl groups is 1. The minimum absolute atomic E-state index is 0.101. The lowest BCUT2D eigenvalue weighted by Crippen LogP contribution is -2.24. The molecule has 4 rings (SSSR count). The third kappa shape index (κ3) is 5.99. The zero-order valence-electron chi connectivity index (χ0n) is 19.1. The third-order valence-corrected chi connectivity index (χ3v) is 7.32. The number of allylic oxidation sites excluding steroid dienone is 4. The van der Waals surface area contributed by atoms with Gasteiger partial charge in [-0.25, -0.2) is 4.39 Å². The highest BCUT2D eigenvalue weighted by Gasteiger charge is 2.22. The second-order valence-corrected chi connectivity index (χ2v) is 10.5. The third-order valence-electron chi connectivity index (χ3n) is 5.96. The van der Waals surface area contributed by atoms with E-state index in [0.29, 0.717) is 17.9 Å². The fourth-order valence-corrected chi connectivity index (χ4v) is 5.79. The Morgan fingerprint density at radius 2 is 1.76 bits per heavy atom. The maximum atomic E-state index is 14.0. The average molecular weight is 461 g/mol. The van der Waals surface area contributed by atoms with Gasteiger partial charge in [-0.15, -0.1) is 0 Å². The molecule has 3 aromatic carbocycles. The molecule has 1 aliphatic carbocycles. The molecule has 0 aliphatic heterocycles. The second kappa shape index (κ2) is 10.0. The summed E-state index contributed by atoms with van der Waals surface area (Å²) in [5, 5.41) is 23.5. The molecule has 170 valence electrons. The Hall–Kier alpha value is -2.74. The van der Waals surface area contributed by atoms with Crippen LogP contribution >= 0.6 is 8.58 Å². The first-order valence-electron chi connectivity index (χ1n) is 11.3. The van der Waals surface area contributed by atoms with Crippen LogP contribution in [0.3, 0.4) is 0 Å². The number of benzene rings is 3. The van der Waals surface area contributed by atoms with E-state index >= 15 is 0 Å². The van der Waals surface area contributed by atoms with Crippen LogP contribution in [-0.2, 0) is 18.4 Å². The van der Waals surface area contributed by atoms with Crippen LogP contribution < -0.4 is 10.6 Å². The molecule has 0 aromatic heterocycles. The topological polar surface area (TPSA) is 40.5 Å². The summed E-state index contributed by atoms with van der Waals surface area (Å²) in [6.45, 7) is 3.32. The van der Waals surface area contributed by atoms with E-state index in [1.165, 1.54) is 17.7 Å². The van der Waals surface area contributed by atoms with E-state index in [0.717, 1.165) is 34.6 Å². The minimum Gasteiger partial charge on any atom is -0.507 e. The lowest BCUT2D eigenvalue weighted by Gasteiger charge is -2.23. The highest BCUT2D eigenvalue weighted by molar-refractivity contribution is 7.55. The summed E-state index contributed by atoms with van der Waals surface area (Å²) in [6, 6.07) is 18.9. The molecule has 4 heteroatoms. The van der Waals surface area contributed by atoms with Gasteiger partial charge in [0.2, 0.25) is 0 Å². The zero-order valence-corrected chi connectivity index (χ0v) is 20.1. The molecular weight excluding hydrogens is 430 g/mol. The molecule has 3 aromatic rings. The quantitative estimate of drug-likeness (QED) is 0.447. The fourth-order valence-electron chi connectivity index (χ4n) is 4.29. The van der Waals surface area contributed by atoms with Gasteiger partial charge in [0.05, 0.1) is 5.60 Å². The van der Waals surface area contributed by atoms with Crippen LogP contribution in [0.5, 0.6) is 5.75 Å². The van der Waals surface area contributed by atoms with Crippen LogP contribution in [0, 0.1) is 11.7 Å². The van der Waals surface area contributed by atoms with Crippen LogP contribution in [-0.4, -0.2) is 10.2 Å². The van der Waals surface area contributed by atoms with Crippen molar-refractivity contribution >= 4 is 19.2 Å². The van der Waals surface area contributed by atoms with Crippen LogP contribution in [0.15, 0.2) is 85.0 Å². The van der Waals surface area contributed by atoms with Gasteiger partial charge in [-0.1, -0.05) is 75.3 Å². The highest BCUT2D eigenvalue weighted by atomic mass is 31.1. The first kappa shape index (κ1) is 23.4. The minimum atomic E-state index is -1.18. The molecule has 2 nitrogen and oxygen atoms in total. The van der Waals surface area contributed by atoms with E-state index in [4.69, 9.17) is 0 Å². The van der Waals surface area contributed by atoms with Gasteiger partial charge >= 0.3 is 0 Å². The molecule has 0 saturated carbocycles.